The van der Waals surface area contributed by atoms with E-state index in [0.717, 1.165) is 16.5 Å². The molecule has 0 unspecified atom stereocenters. The Hall–Kier alpha value is -2.45. The van der Waals surface area contributed by atoms with Gasteiger partial charge in [-0.05, 0) is 19.1 Å². The summed E-state index contributed by atoms with van der Waals surface area (Å²) in [5.41, 5.74) is 2.16. The molecule has 0 aliphatic rings. The van der Waals surface area contributed by atoms with Crippen LogP contribution in [0.1, 0.15) is 5.82 Å². The van der Waals surface area contributed by atoms with Crippen LogP contribution in [0.25, 0.3) is 22.1 Å². The molecule has 8 heteroatoms. The van der Waals surface area contributed by atoms with E-state index in [0.29, 0.717) is 21.6 Å². The first-order valence-corrected chi connectivity index (χ1v) is 9.05. The molecule has 0 aliphatic carbocycles. The number of benzene rings is 1. The van der Waals surface area contributed by atoms with Crippen LogP contribution in [0.4, 0.5) is 5.13 Å². The summed E-state index contributed by atoms with van der Waals surface area (Å²) >= 11 is 2.71. The summed E-state index contributed by atoms with van der Waals surface area (Å²) in [6.07, 6.45) is 1.65. The Balaban J connectivity index is 1.62. The van der Waals surface area contributed by atoms with Gasteiger partial charge in [0.15, 0.2) is 10.7 Å². The number of nitrogens with one attached hydrogen (secondary N) is 1. The van der Waals surface area contributed by atoms with Crippen molar-refractivity contribution >= 4 is 56.2 Å². The molecule has 1 amide bonds. The van der Waals surface area contributed by atoms with Crippen LogP contribution in [0, 0.1) is 6.92 Å². The number of rotatable bonds is 4. The Morgan fingerprint density at radius 3 is 3.04 bits per heavy atom. The molecule has 24 heavy (non-hydrogen) atoms. The summed E-state index contributed by atoms with van der Waals surface area (Å²) in [7, 11) is 0. The van der Waals surface area contributed by atoms with Crippen LogP contribution in [-0.2, 0) is 4.79 Å². The number of carbonyl (C=O) groups excluding carboxylic acids is 1. The average Bonchev–Trinajstić information content (AvgIpc) is 3.20. The summed E-state index contributed by atoms with van der Waals surface area (Å²) in [6.45, 7) is 1.83. The van der Waals surface area contributed by atoms with Gasteiger partial charge in [-0.15, -0.1) is 11.3 Å². The van der Waals surface area contributed by atoms with Gasteiger partial charge < -0.3 is 9.73 Å². The number of para-hydroxylation sites is 1. The lowest BCUT2D eigenvalue weighted by Gasteiger charge is -2.03. The molecule has 0 bridgehead atoms. The summed E-state index contributed by atoms with van der Waals surface area (Å²) in [4.78, 5) is 25.0. The quantitative estimate of drug-likeness (QED) is 0.441. The number of thiazole rings is 1. The van der Waals surface area contributed by atoms with Crippen molar-refractivity contribution in [1.29, 1.82) is 0 Å². The number of furan rings is 1. The van der Waals surface area contributed by atoms with Crippen molar-refractivity contribution in [3.63, 3.8) is 0 Å². The molecule has 0 saturated carbocycles. The summed E-state index contributed by atoms with van der Waals surface area (Å²) in [6, 6.07) is 7.73. The molecule has 4 aromatic rings. The van der Waals surface area contributed by atoms with Crippen LogP contribution in [0.2, 0.25) is 0 Å². The molecule has 0 fully saturated rings. The zero-order valence-electron chi connectivity index (χ0n) is 12.6. The number of anilines is 1. The van der Waals surface area contributed by atoms with Gasteiger partial charge in [-0.2, -0.15) is 0 Å². The summed E-state index contributed by atoms with van der Waals surface area (Å²) in [5, 5.41) is 6.78. The standard InChI is InChI=1S/C16H12N4O2S2/c1-9-18-13-10-4-2-3-5-11(10)22-14(13)15(19-9)24-8-12(21)20-16-17-6-7-23-16/h2-7H,8H2,1H3,(H,17,20,21). The number of hydrogen-bond acceptors (Lipinski definition) is 7. The van der Waals surface area contributed by atoms with E-state index in [2.05, 4.69) is 20.3 Å². The van der Waals surface area contributed by atoms with E-state index in [-0.39, 0.29) is 11.7 Å². The average molecular weight is 356 g/mol. The topological polar surface area (TPSA) is 80.9 Å². The van der Waals surface area contributed by atoms with E-state index in [1.165, 1.54) is 23.1 Å². The van der Waals surface area contributed by atoms with Crippen LogP contribution in [0.5, 0.6) is 0 Å². The van der Waals surface area contributed by atoms with E-state index < -0.39 is 0 Å². The van der Waals surface area contributed by atoms with Crippen molar-refractivity contribution in [2.24, 2.45) is 0 Å². The summed E-state index contributed by atoms with van der Waals surface area (Å²) in [5.74, 6) is 0.745. The van der Waals surface area contributed by atoms with Crippen molar-refractivity contribution in [2.75, 3.05) is 11.1 Å². The number of amides is 1. The fourth-order valence-electron chi connectivity index (χ4n) is 2.34. The van der Waals surface area contributed by atoms with Gasteiger partial charge >= 0.3 is 0 Å². The highest BCUT2D eigenvalue weighted by molar-refractivity contribution is 8.00. The number of fused-ring (bicyclic) bond motifs is 3. The maximum Gasteiger partial charge on any atom is 0.236 e. The van der Waals surface area contributed by atoms with Crippen LogP contribution < -0.4 is 5.32 Å². The van der Waals surface area contributed by atoms with Gasteiger partial charge in [-0.25, -0.2) is 15.0 Å². The number of hydrogen-bond donors (Lipinski definition) is 1. The van der Waals surface area contributed by atoms with Gasteiger partial charge in [0.1, 0.15) is 22.0 Å². The van der Waals surface area contributed by atoms with Gasteiger partial charge in [-0.3, -0.25) is 4.79 Å². The van der Waals surface area contributed by atoms with Crippen molar-refractivity contribution in [2.45, 2.75) is 11.9 Å². The molecule has 120 valence electrons. The molecule has 3 heterocycles. The Kier molecular flexibility index (Phi) is 3.91. The fourth-order valence-corrected chi connectivity index (χ4v) is 3.70. The third-order valence-corrected chi connectivity index (χ3v) is 4.96. The van der Waals surface area contributed by atoms with Gasteiger partial charge in [0.2, 0.25) is 5.91 Å². The van der Waals surface area contributed by atoms with Gasteiger partial charge in [0, 0.05) is 17.0 Å². The molecule has 0 radical (unpaired) electrons. The van der Waals surface area contributed by atoms with E-state index in [9.17, 15) is 4.79 Å². The fraction of sp³-hybridized carbons (Fsp3) is 0.125. The molecule has 0 spiro atoms. The van der Waals surface area contributed by atoms with Crippen LogP contribution in [-0.4, -0.2) is 26.6 Å². The normalized spacial score (nSPS) is 11.2. The van der Waals surface area contributed by atoms with Crippen molar-refractivity contribution in [3.05, 3.63) is 41.7 Å². The second-order valence-corrected chi connectivity index (χ2v) is 6.88. The minimum absolute atomic E-state index is 0.129. The molecule has 6 nitrogen and oxygen atoms in total. The number of thioether (sulfide) groups is 1. The Bertz CT molecular complexity index is 1030. The molecular weight excluding hydrogens is 344 g/mol. The van der Waals surface area contributed by atoms with E-state index in [1.54, 1.807) is 6.20 Å². The minimum Gasteiger partial charge on any atom is -0.451 e. The molecule has 4 rings (SSSR count). The van der Waals surface area contributed by atoms with Gasteiger partial charge in [-0.1, -0.05) is 23.9 Å². The highest BCUT2D eigenvalue weighted by Crippen LogP contribution is 2.33. The Morgan fingerprint density at radius 2 is 2.21 bits per heavy atom. The van der Waals surface area contributed by atoms with E-state index in [4.69, 9.17) is 4.42 Å². The third kappa shape index (κ3) is 2.85. The Labute approximate surface area is 145 Å². The summed E-state index contributed by atoms with van der Waals surface area (Å²) < 4.78 is 5.89. The van der Waals surface area contributed by atoms with Crippen LogP contribution in [0.15, 0.2) is 45.3 Å². The highest BCUT2D eigenvalue weighted by atomic mass is 32.2. The second-order valence-electron chi connectivity index (χ2n) is 5.03. The molecule has 3 aromatic heterocycles. The largest absolute Gasteiger partial charge is 0.451 e. The minimum atomic E-state index is -0.129. The maximum absolute atomic E-state index is 12.0. The first-order valence-electron chi connectivity index (χ1n) is 7.19. The maximum atomic E-state index is 12.0. The predicted molar refractivity (Wildman–Crippen MR) is 95.5 cm³/mol. The number of aromatic nitrogens is 3. The molecule has 0 aliphatic heterocycles. The first kappa shape index (κ1) is 15.1. The SMILES string of the molecule is Cc1nc(SCC(=O)Nc2nccs2)c2oc3ccccc3c2n1. The van der Waals surface area contributed by atoms with Crippen molar-refractivity contribution in [1.82, 2.24) is 15.0 Å². The third-order valence-electron chi connectivity index (χ3n) is 3.32. The van der Waals surface area contributed by atoms with Gasteiger partial charge in [0.05, 0.1) is 5.75 Å². The van der Waals surface area contributed by atoms with E-state index >= 15 is 0 Å². The Morgan fingerprint density at radius 1 is 1.33 bits per heavy atom. The number of carbonyl (C=O) groups is 1. The molecule has 0 saturated heterocycles. The van der Waals surface area contributed by atoms with Crippen molar-refractivity contribution in [3.8, 4) is 0 Å². The lowest BCUT2D eigenvalue weighted by Crippen LogP contribution is -2.13. The van der Waals surface area contributed by atoms with Crippen molar-refractivity contribution < 1.29 is 9.21 Å². The number of nitrogens with zero attached hydrogens (tertiary/aromatic N) is 3. The monoisotopic (exact) mass is 356 g/mol. The predicted octanol–water partition coefficient (Wildman–Crippen LogP) is 3.87. The lowest BCUT2D eigenvalue weighted by molar-refractivity contribution is -0.113. The molecular formula is C16H12N4O2S2. The zero-order valence-corrected chi connectivity index (χ0v) is 14.3. The lowest BCUT2D eigenvalue weighted by atomic mass is 10.2. The number of aryl methyl sites for hydroxylation is 1. The van der Waals surface area contributed by atoms with Crippen LogP contribution >= 0.6 is 23.1 Å². The smallest absolute Gasteiger partial charge is 0.236 e. The first-order chi connectivity index (χ1) is 11.7. The molecule has 1 N–H and O–H groups in total. The highest BCUT2D eigenvalue weighted by Gasteiger charge is 2.16. The van der Waals surface area contributed by atoms with Crippen LogP contribution in [0.3, 0.4) is 0 Å². The van der Waals surface area contributed by atoms with E-state index in [1.807, 2.05) is 36.6 Å². The molecule has 1 aromatic carbocycles. The second kappa shape index (κ2) is 6.21. The molecule has 0 atom stereocenters. The zero-order chi connectivity index (χ0) is 16.5. The van der Waals surface area contributed by atoms with Gasteiger partial charge in [0.25, 0.3) is 0 Å².